The third-order valence-electron chi connectivity index (χ3n) is 3.00. The zero-order chi connectivity index (χ0) is 15.5. The number of halogens is 3. The molecule has 2 nitrogen and oxygen atoms in total. The quantitative estimate of drug-likeness (QED) is 0.884. The van der Waals surface area contributed by atoms with Gasteiger partial charge >= 0.3 is 6.18 Å². The summed E-state index contributed by atoms with van der Waals surface area (Å²) in [6.45, 7) is 3.17. The van der Waals surface area contributed by atoms with E-state index in [0.29, 0.717) is 12.4 Å². The lowest BCUT2D eigenvalue weighted by Gasteiger charge is -2.09. The third kappa shape index (κ3) is 4.22. The number of hydrogen-bond acceptors (Lipinski definition) is 3. The molecule has 0 aliphatic carbocycles. The molecule has 114 valence electrons. The average Bonchev–Trinajstić information content (AvgIpc) is 2.76. The number of nitrogens with one attached hydrogen (secondary N) is 1. The average molecular weight is 315 g/mol. The van der Waals surface area contributed by atoms with Crippen LogP contribution in [0.1, 0.15) is 20.9 Å². The number of benzene rings is 1. The molecular weight excluding hydrogens is 299 g/mol. The second-order valence-electron chi connectivity index (χ2n) is 4.64. The third-order valence-corrected chi connectivity index (χ3v) is 4.09. The van der Waals surface area contributed by atoms with Gasteiger partial charge in [0.15, 0.2) is 0 Å². The molecule has 0 aliphatic rings. The van der Waals surface area contributed by atoms with Crippen LogP contribution in [-0.2, 0) is 19.3 Å². The molecule has 0 radical (unpaired) electrons. The Hall–Kier alpha value is -1.53. The molecule has 0 fully saturated rings. The van der Waals surface area contributed by atoms with E-state index in [0.717, 1.165) is 29.1 Å². The van der Waals surface area contributed by atoms with Crippen LogP contribution in [0.25, 0.3) is 0 Å². The number of rotatable bonds is 5. The van der Waals surface area contributed by atoms with E-state index in [-0.39, 0.29) is 0 Å². The number of aryl methyl sites for hydroxylation is 1. The minimum atomic E-state index is -4.31. The molecular formula is C15H16F3NOS. The summed E-state index contributed by atoms with van der Waals surface area (Å²) >= 11 is 1.69. The zero-order valence-corrected chi connectivity index (χ0v) is 12.6. The van der Waals surface area contributed by atoms with Gasteiger partial charge in [0.1, 0.15) is 12.4 Å². The van der Waals surface area contributed by atoms with Crippen molar-refractivity contribution >= 4 is 11.3 Å². The van der Waals surface area contributed by atoms with Crippen molar-refractivity contribution in [2.24, 2.45) is 0 Å². The Morgan fingerprint density at radius 3 is 2.43 bits per heavy atom. The van der Waals surface area contributed by atoms with E-state index in [9.17, 15) is 13.2 Å². The minimum absolute atomic E-state index is 0.359. The molecule has 0 unspecified atom stereocenters. The lowest BCUT2D eigenvalue weighted by atomic mass is 10.2. The molecule has 1 heterocycles. The Morgan fingerprint density at radius 1 is 1.19 bits per heavy atom. The fraction of sp³-hybridized carbons (Fsp3) is 0.333. The van der Waals surface area contributed by atoms with Gasteiger partial charge in [-0.2, -0.15) is 13.2 Å². The first-order chi connectivity index (χ1) is 9.90. The summed E-state index contributed by atoms with van der Waals surface area (Å²) in [6, 6.07) is 6.81. The van der Waals surface area contributed by atoms with Crippen molar-refractivity contribution in [3.8, 4) is 5.75 Å². The van der Waals surface area contributed by atoms with Gasteiger partial charge in [-0.3, -0.25) is 0 Å². The molecule has 0 amide bonds. The van der Waals surface area contributed by atoms with Gasteiger partial charge in [-0.1, -0.05) is 0 Å². The van der Waals surface area contributed by atoms with Crippen molar-refractivity contribution in [3.63, 3.8) is 0 Å². The largest absolute Gasteiger partial charge is 0.489 e. The first-order valence-electron chi connectivity index (χ1n) is 6.43. The SMILES string of the molecule is CNCc1cc(COc2ccc(C(F)(F)F)cc2)c(C)s1. The Morgan fingerprint density at radius 2 is 1.86 bits per heavy atom. The molecule has 1 N–H and O–H groups in total. The van der Waals surface area contributed by atoms with Gasteiger partial charge in [0.2, 0.25) is 0 Å². The molecule has 0 saturated heterocycles. The molecule has 1 aromatic heterocycles. The van der Waals surface area contributed by atoms with Crippen molar-refractivity contribution < 1.29 is 17.9 Å². The van der Waals surface area contributed by atoms with Crippen molar-refractivity contribution in [2.75, 3.05) is 7.05 Å². The summed E-state index contributed by atoms with van der Waals surface area (Å²) in [5.41, 5.74) is 0.392. The highest BCUT2D eigenvalue weighted by Gasteiger charge is 2.30. The molecule has 1 aromatic carbocycles. The molecule has 0 spiro atoms. The van der Waals surface area contributed by atoms with Gasteiger partial charge in [0.05, 0.1) is 5.56 Å². The maximum atomic E-state index is 12.5. The van der Waals surface area contributed by atoms with Crippen LogP contribution in [0.2, 0.25) is 0 Å². The van der Waals surface area contributed by atoms with Crippen molar-refractivity contribution in [1.82, 2.24) is 5.32 Å². The fourth-order valence-corrected chi connectivity index (χ4v) is 2.95. The summed E-state index contributed by atoms with van der Waals surface area (Å²) in [5.74, 6) is 0.434. The predicted octanol–water partition coefficient (Wildman–Crippen LogP) is 4.37. The summed E-state index contributed by atoms with van der Waals surface area (Å²) in [6.07, 6.45) is -4.31. The highest BCUT2D eigenvalue weighted by atomic mass is 32.1. The maximum absolute atomic E-state index is 12.5. The highest BCUT2D eigenvalue weighted by Crippen LogP contribution is 2.30. The monoisotopic (exact) mass is 315 g/mol. The van der Waals surface area contributed by atoms with Gasteiger partial charge < -0.3 is 10.1 Å². The van der Waals surface area contributed by atoms with Gasteiger partial charge in [0, 0.05) is 21.9 Å². The Balaban J connectivity index is 2.00. The topological polar surface area (TPSA) is 21.3 Å². The van der Waals surface area contributed by atoms with E-state index < -0.39 is 11.7 Å². The van der Waals surface area contributed by atoms with E-state index in [1.807, 2.05) is 14.0 Å². The minimum Gasteiger partial charge on any atom is -0.489 e. The molecule has 2 rings (SSSR count). The Labute approximate surface area is 125 Å². The summed E-state index contributed by atoms with van der Waals surface area (Å²) in [4.78, 5) is 2.37. The molecule has 0 saturated carbocycles. The molecule has 0 bridgehead atoms. The Kier molecular flexibility index (Phi) is 4.90. The summed E-state index contributed by atoms with van der Waals surface area (Å²) < 4.78 is 42.9. The van der Waals surface area contributed by atoms with Crippen LogP contribution in [0.4, 0.5) is 13.2 Å². The number of ether oxygens (including phenoxy) is 1. The van der Waals surface area contributed by atoms with Crippen LogP contribution in [0.5, 0.6) is 5.75 Å². The van der Waals surface area contributed by atoms with E-state index in [1.54, 1.807) is 11.3 Å². The van der Waals surface area contributed by atoms with Crippen LogP contribution in [0.3, 0.4) is 0 Å². The summed E-state index contributed by atoms with van der Waals surface area (Å²) in [5, 5.41) is 3.08. The first-order valence-corrected chi connectivity index (χ1v) is 7.24. The van der Waals surface area contributed by atoms with Crippen LogP contribution >= 0.6 is 11.3 Å². The van der Waals surface area contributed by atoms with Crippen molar-refractivity contribution in [3.05, 3.63) is 51.2 Å². The van der Waals surface area contributed by atoms with Crippen molar-refractivity contribution in [1.29, 1.82) is 0 Å². The molecule has 0 atom stereocenters. The normalized spacial score (nSPS) is 11.7. The standard InChI is InChI=1S/C15H16F3NOS/c1-10-11(7-14(21-10)8-19-2)9-20-13-5-3-12(4-6-13)15(16,17)18/h3-7,19H,8-9H2,1-2H3. The summed E-state index contributed by atoms with van der Waals surface area (Å²) in [7, 11) is 1.88. The number of thiophene rings is 1. The van der Waals surface area contributed by atoms with Gasteiger partial charge in [0.25, 0.3) is 0 Å². The number of hydrogen-bond donors (Lipinski definition) is 1. The van der Waals surface area contributed by atoms with Crippen LogP contribution in [0.15, 0.2) is 30.3 Å². The molecule has 0 aliphatic heterocycles. The molecule has 6 heteroatoms. The van der Waals surface area contributed by atoms with E-state index in [1.165, 1.54) is 17.0 Å². The van der Waals surface area contributed by atoms with Gasteiger partial charge in [-0.05, 0) is 44.3 Å². The lowest BCUT2D eigenvalue weighted by Crippen LogP contribution is -2.04. The van der Waals surface area contributed by atoms with Crippen LogP contribution < -0.4 is 10.1 Å². The van der Waals surface area contributed by atoms with Crippen LogP contribution in [-0.4, -0.2) is 7.05 Å². The second kappa shape index (κ2) is 6.49. The predicted molar refractivity (Wildman–Crippen MR) is 77.6 cm³/mol. The number of alkyl halides is 3. The maximum Gasteiger partial charge on any atom is 0.416 e. The zero-order valence-electron chi connectivity index (χ0n) is 11.8. The Bertz CT molecular complexity index is 590. The lowest BCUT2D eigenvalue weighted by molar-refractivity contribution is -0.137. The smallest absolute Gasteiger partial charge is 0.416 e. The second-order valence-corrected chi connectivity index (χ2v) is 5.98. The fourth-order valence-electron chi connectivity index (χ4n) is 1.89. The van der Waals surface area contributed by atoms with Crippen LogP contribution in [0, 0.1) is 6.92 Å². The highest BCUT2D eigenvalue weighted by molar-refractivity contribution is 7.12. The van der Waals surface area contributed by atoms with Gasteiger partial charge in [-0.15, -0.1) is 11.3 Å². The van der Waals surface area contributed by atoms with Crippen molar-refractivity contribution in [2.45, 2.75) is 26.3 Å². The first kappa shape index (κ1) is 15.9. The van der Waals surface area contributed by atoms with E-state index in [4.69, 9.17) is 4.74 Å². The van der Waals surface area contributed by atoms with E-state index in [2.05, 4.69) is 11.4 Å². The molecule has 2 aromatic rings. The van der Waals surface area contributed by atoms with E-state index >= 15 is 0 Å². The molecule has 21 heavy (non-hydrogen) atoms. The van der Waals surface area contributed by atoms with Gasteiger partial charge in [-0.25, -0.2) is 0 Å².